The second kappa shape index (κ2) is 9.50. The highest BCUT2D eigenvalue weighted by Crippen LogP contribution is 2.13. The first-order valence-electron chi connectivity index (χ1n) is 7.89. The molecule has 27 heavy (non-hydrogen) atoms. The molecule has 0 bridgehead atoms. The van der Waals surface area contributed by atoms with Crippen LogP contribution in [0.1, 0.15) is 18.9 Å². The molecular formula is C16H22N4O7. The second-order valence-corrected chi connectivity index (χ2v) is 5.90. The van der Waals surface area contributed by atoms with Gasteiger partial charge >= 0.3 is 11.9 Å². The predicted molar refractivity (Wildman–Crippen MR) is 92.1 cm³/mol. The first-order valence-corrected chi connectivity index (χ1v) is 7.89. The van der Waals surface area contributed by atoms with Gasteiger partial charge in [-0.25, -0.2) is 10.2 Å². The Bertz CT molecular complexity index is 707. The second-order valence-electron chi connectivity index (χ2n) is 5.90. The number of aliphatic carboxylic acids is 2. The van der Waals surface area contributed by atoms with Crippen LogP contribution in [-0.2, 0) is 25.6 Å². The van der Waals surface area contributed by atoms with E-state index < -0.39 is 48.3 Å². The number of amides is 2. The van der Waals surface area contributed by atoms with Gasteiger partial charge in [0.05, 0.1) is 12.5 Å². The third kappa shape index (κ3) is 6.56. The molecule has 0 aromatic heterocycles. The number of rotatable bonds is 10. The molecule has 11 nitrogen and oxygen atoms in total. The molecule has 3 atom stereocenters. The minimum Gasteiger partial charge on any atom is -0.508 e. The lowest BCUT2D eigenvalue weighted by Crippen LogP contribution is -2.61. The number of hydrogen-bond donors (Lipinski definition) is 6. The summed E-state index contributed by atoms with van der Waals surface area (Å²) in [6.45, 7) is 1.19. The molecule has 0 spiro atoms. The first-order chi connectivity index (χ1) is 12.5. The van der Waals surface area contributed by atoms with Crippen molar-refractivity contribution in [3.05, 3.63) is 29.8 Å². The Morgan fingerprint density at radius 1 is 1.11 bits per heavy atom. The Labute approximate surface area is 154 Å². The van der Waals surface area contributed by atoms with Gasteiger partial charge in [0.1, 0.15) is 11.8 Å². The number of phenols is 1. The number of nitrogens with one attached hydrogen (secondary N) is 1. The van der Waals surface area contributed by atoms with E-state index in [0.29, 0.717) is 10.6 Å². The van der Waals surface area contributed by atoms with Crippen LogP contribution >= 0.6 is 0 Å². The highest BCUT2D eigenvalue weighted by Gasteiger charge is 2.35. The average molecular weight is 382 g/mol. The summed E-state index contributed by atoms with van der Waals surface area (Å²) in [7, 11) is 0. The van der Waals surface area contributed by atoms with E-state index in [1.807, 2.05) is 0 Å². The lowest BCUT2D eigenvalue weighted by molar-refractivity contribution is -0.158. The van der Waals surface area contributed by atoms with Gasteiger partial charge < -0.3 is 26.8 Å². The number of benzene rings is 1. The zero-order chi connectivity index (χ0) is 20.7. The molecule has 0 aliphatic heterocycles. The number of phenolic OH excluding ortho intramolecular Hbond substituents is 1. The Hall–Kier alpha value is -3.18. The van der Waals surface area contributed by atoms with E-state index in [1.165, 1.54) is 31.2 Å². The maximum atomic E-state index is 12.7. The molecule has 1 aromatic rings. The molecule has 0 aliphatic carbocycles. The highest BCUT2D eigenvalue weighted by molar-refractivity contribution is 5.90. The number of carboxylic acid groups (broad SMARTS) is 2. The molecule has 0 heterocycles. The summed E-state index contributed by atoms with van der Waals surface area (Å²) in [5.74, 6) is -4.79. The van der Waals surface area contributed by atoms with Gasteiger partial charge in [-0.05, 0) is 31.0 Å². The van der Waals surface area contributed by atoms with Crippen molar-refractivity contribution in [2.24, 2.45) is 11.5 Å². The van der Waals surface area contributed by atoms with Gasteiger partial charge in [0, 0.05) is 0 Å². The topological polar surface area (TPSA) is 196 Å². The summed E-state index contributed by atoms with van der Waals surface area (Å²) in [6, 6.07) is 1.53. The monoisotopic (exact) mass is 382 g/mol. The molecular weight excluding hydrogens is 360 g/mol. The van der Waals surface area contributed by atoms with Gasteiger partial charge in [0.25, 0.3) is 5.91 Å². The van der Waals surface area contributed by atoms with Crippen LogP contribution in [0, 0.1) is 0 Å². The highest BCUT2D eigenvalue weighted by atomic mass is 16.4. The molecule has 0 radical (unpaired) electrons. The van der Waals surface area contributed by atoms with E-state index >= 15 is 0 Å². The number of carboxylic acids is 2. The fourth-order valence-corrected chi connectivity index (χ4v) is 2.20. The van der Waals surface area contributed by atoms with Crippen LogP contribution < -0.4 is 16.9 Å². The molecule has 2 amide bonds. The molecule has 11 heteroatoms. The zero-order valence-electron chi connectivity index (χ0n) is 14.5. The SMILES string of the molecule is C[C@H](NN(C(=O)[C@@H](N)Cc1ccc(O)cc1)[C@@H](CC(N)=O)C(=O)O)C(=O)O. The summed E-state index contributed by atoms with van der Waals surface area (Å²) >= 11 is 0. The van der Waals surface area contributed by atoms with E-state index in [2.05, 4.69) is 5.43 Å². The molecule has 0 saturated heterocycles. The van der Waals surface area contributed by atoms with Crippen molar-refractivity contribution < 1.29 is 34.5 Å². The maximum absolute atomic E-state index is 12.7. The number of carbonyl (C=O) groups excluding carboxylic acids is 2. The molecule has 1 rings (SSSR count). The molecule has 8 N–H and O–H groups in total. The normalized spacial score (nSPS) is 14.0. The number of carbonyl (C=O) groups is 4. The van der Waals surface area contributed by atoms with Gasteiger partial charge in [-0.1, -0.05) is 12.1 Å². The summed E-state index contributed by atoms with van der Waals surface area (Å²) in [6.07, 6.45) is -0.742. The smallest absolute Gasteiger partial charge is 0.328 e. The maximum Gasteiger partial charge on any atom is 0.328 e. The molecule has 0 unspecified atom stereocenters. The van der Waals surface area contributed by atoms with Crippen LogP contribution in [-0.4, -0.2) is 62.2 Å². The Balaban J connectivity index is 3.08. The number of nitrogens with zero attached hydrogens (tertiary/aromatic N) is 1. The largest absolute Gasteiger partial charge is 0.508 e. The van der Waals surface area contributed by atoms with Crippen LogP contribution in [0.25, 0.3) is 0 Å². The lowest BCUT2D eigenvalue weighted by Gasteiger charge is -2.32. The third-order valence-electron chi connectivity index (χ3n) is 3.64. The van der Waals surface area contributed by atoms with E-state index in [4.69, 9.17) is 16.6 Å². The number of primary amides is 1. The molecule has 0 saturated carbocycles. The number of hydrazine groups is 1. The fourth-order valence-electron chi connectivity index (χ4n) is 2.20. The van der Waals surface area contributed by atoms with Crippen molar-refractivity contribution >= 4 is 23.8 Å². The van der Waals surface area contributed by atoms with Crippen molar-refractivity contribution in [2.75, 3.05) is 0 Å². The summed E-state index contributed by atoms with van der Waals surface area (Å²) in [4.78, 5) is 46.4. The number of aromatic hydroxyl groups is 1. The van der Waals surface area contributed by atoms with Crippen LogP contribution in [0.2, 0.25) is 0 Å². The molecule has 0 fully saturated rings. The molecule has 148 valence electrons. The van der Waals surface area contributed by atoms with Crippen molar-refractivity contribution in [3.63, 3.8) is 0 Å². The lowest BCUT2D eigenvalue weighted by atomic mass is 10.0. The quantitative estimate of drug-likeness (QED) is 0.258. The Kier molecular flexibility index (Phi) is 7.69. The number of nitrogens with two attached hydrogens (primary N) is 2. The average Bonchev–Trinajstić information content (AvgIpc) is 2.58. The van der Waals surface area contributed by atoms with Gasteiger partial charge in [-0.15, -0.1) is 0 Å². The predicted octanol–water partition coefficient (Wildman–Crippen LogP) is -1.60. The Morgan fingerprint density at radius 3 is 2.11 bits per heavy atom. The van der Waals surface area contributed by atoms with Gasteiger partial charge in [-0.2, -0.15) is 0 Å². The van der Waals surface area contributed by atoms with Crippen molar-refractivity contribution in [3.8, 4) is 5.75 Å². The summed E-state index contributed by atoms with van der Waals surface area (Å²) < 4.78 is 0. The van der Waals surface area contributed by atoms with E-state index in [9.17, 15) is 29.4 Å². The minimum atomic E-state index is -1.73. The summed E-state index contributed by atoms with van der Waals surface area (Å²) in [5.41, 5.74) is 13.7. The molecule has 1 aromatic carbocycles. The minimum absolute atomic E-state index is 0.0122. The Morgan fingerprint density at radius 2 is 1.67 bits per heavy atom. The van der Waals surface area contributed by atoms with Crippen molar-refractivity contribution in [2.45, 2.75) is 37.9 Å². The van der Waals surface area contributed by atoms with Crippen molar-refractivity contribution in [1.29, 1.82) is 0 Å². The van der Waals surface area contributed by atoms with Crippen LogP contribution in [0.15, 0.2) is 24.3 Å². The third-order valence-corrected chi connectivity index (χ3v) is 3.64. The van der Waals surface area contributed by atoms with Gasteiger partial charge in [0.2, 0.25) is 5.91 Å². The van der Waals surface area contributed by atoms with Crippen molar-refractivity contribution in [1.82, 2.24) is 10.4 Å². The van der Waals surface area contributed by atoms with Gasteiger partial charge in [0.15, 0.2) is 6.04 Å². The van der Waals surface area contributed by atoms with Crippen LogP contribution in [0.3, 0.4) is 0 Å². The number of hydrogen-bond acceptors (Lipinski definition) is 7. The van der Waals surface area contributed by atoms with Crippen LogP contribution in [0.5, 0.6) is 5.75 Å². The first kappa shape index (κ1) is 21.9. The van der Waals surface area contributed by atoms with E-state index in [1.54, 1.807) is 0 Å². The van der Waals surface area contributed by atoms with E-state index in [-0.39, 0.29) is 12.2 Å². The van der Waals surface area contributed by atoms with Gasteiger partial charge in [-0.3, -0.25) is 19.4 Å². The van der Waals surface area contributed by atoms with Crippen LogP contribution in [0.4, 0.5) is 0 Å². The molecule has 0 aliphatic rings. The zero-order valence-corrected chi connectivity index (χ0v) is 14.5. The fraction of sp³-hybridized carbons (Fsp3) is 0.375. The van der Waals surface area contributed by atoms with E-state index in [0.717, 1.165) is 0 Å². The summed E-state index contributed by atoms with van der Waals surface area (Å²) in [5, 5.41) is 28.2. The standard InChI is InChI=1S/C16H22N4O7/c1-8(15(24)25)19-20(12(16(26)27)7-13(18)22)14(23)11(17)6-9-2-4-10(21)5-3-9/h2-5,8,11-12,19,21H,6-7,17H2,1H3,(H2,18,22)(H,24,25)(H,26,27)/t8-,11-,12-/m0/s1.